The van der Waals surface area contributed by atoms with Crippen LogP contribution in [0.25, 0.3) is 16.7 Å². The molecule has 0 spiro atoms. The van der Waals surface area contributed by atoms with E-state index in [2.05, 4.69) is 62.0 Å². The van der Waals surface area contributed by atoms with Gasteiger partial charge in [-0.15, -0.1) is 0 Å². The molecule has 0 radical (unpaired) electrons. The molecule has 3 aromatic rings. The highest BCUT2D eigenvalue weighted by Crippen LogP contribution is 2.34. The summed E-state index contributed by atoms with van der Waals surface area (Å²) in [5.74, 6) is -0.500. The second-order valence-corrected chi connectivity index (χ2v) is 6.36. The van der Waals surface area contributed by atoms with Gasteiger partial charge >= 0.3 is 0 Å². The lowest BCUT2D eigenvalue weighted by Gasteiger charge is -2.16. The summed E-state index contributed by atoms with van der Waals surface area (Å²) in [7, 11) is 0. The first-order chi connectivity index (χ1) is 13.1. The molecule has 3 aromatic carbocycles. The number of nitrogens with two attached hydrogens (primary N) is 1. The molecule has 0 aliphatic carbocycles. The average Bonchev–Trinajstić information content (AvgIpc) is 2.72. The molecule has 0 aliphatic rings. The van der Waals surface area contributed by atoms with Gasteiger partial charge in [0.05, 0.1) is 0 Å². The number of carbonyl (C=O) groups excluding carboxylic acids is 1. The Labute approximate surface area is 160 Å². The van der Waals surface area contributed by atoms with Crippen molar-refractivity contribution < 1.29 is 4.79 Å². The molecule has 0 fully saturated rings. The molecule has 0 saturated heterocycles. The van der Waals surface area contributed by atoms with Crippen LogP contribution < -0.4 is 5.73 Å². The molecule has 1 amide bonds. The molecule has 2 N–H and O–H groups in total. The average molecular weight is 353 g/mol. The van der Waals surface area contributed by atoms with Gasteiger partial charge in [0.15, 0.2) is 0 Å². The van der Waals surface area contributed by atoms with Crippen molar-refractivity contribution in [1.82, 2.24) is 0 Å². The van der Waals surface area contributed by atoms with Gasteiger partial charge in [0, 0.05) is 5.57 Å². The first-order valence-corrected chi connectivity index (χ1v) is 9.05. The Morgan fingerprint density at radius 1 is 0.741 bits per heavy atom. The maximum atomic E-state index is 11.4. The van der Waals surface area contributed by atoms with Crippen LogP contribution in [0, 0.1) is 0 Å². The second-order valence-electron chi connectivity index (χ2n) is 6.36. The van der Waals surface area contributed by atoms with Crippen LogP contribution in [0.4, 0.5) is 0 Å². The van der Waals surface area contributed by atoms with Gasteiger partial charge in [-0.1, -0.05) is 98.4 Å². The van der Waals surface area contributed by atoms with Crippen molar-refractivity contribution >= 4 is 22.6 Å². The molecule has 0 aliphatic heterocycles. The maximum absolute atomic E-state index is 11.4. The minimum Gasteiger partial charge on any atom is -0.366 e. The number of primary amides is 1. The summed E-state index contributed by atoms with van der Waals surface area (Å²) in [6, 6.07) is 28.7. The fourth-order valence-electron chi connectivity index (χ4n) is 3.26. The van der Waals surface area contributed by atoms with Gasteiger partial charge in [0.25, 0.3) is 0 Å². The normalized spacial score (nSPS) is 11.6. The van der Waals surface area contributed by atoms with E-state index in [1.807, 2.05) is 36.4 Å². The molecule has 2 nitrogen and oxygen atoms in total. The van der Waals surface area contributed by atoms with Gasteiger partial charge in [-0.25, -0.2) is 0 Å². The molecule has 0 saturated carbocycles. The van der Waals surface area contributed by atoms with Crippen molar-refractivity contribution in [1.29, 1.82) is 0 Å². The van der Waals surface area contributed by atoms with E-state index in [-0.39, 0.29) is 0 Å². The lowest BCUT2D eigenvalue weighted by molar-refractivity contribution is -0.112. The Morgan fingerprint density at radius 3 is 1.67 bits per heavy atom. The number of allylic oxidation sites excluding steroid dienone is 1. The fourth-order valence-corrected chi connectivity index (χ4v) is 3.26. The zero-order chi connectivity index (χ0) is 19.2. The largest absolute Gasteiger partial charge is 0.366 e. The third kappa shape index (κ3) is 4.06. The van der Waals surface area contributed by atoms with E-state index in [0.717, 1.165) is 17.5 Å². The summed E-state index contributed by atoms with van der Waals surface area (Å²) >= 11 is 0. The van der Waals surface area contributed by atoms with Crippen LogP contribution in [0.5, 0.6) is 0 Å². The topological polar surface area (TPSA) is 43.1 Å². The van der Waals surface area contributed by atoms with Crippen LogP contribution >= 0.6 is 0 Å². The number of benzene rings is 3. The number of hydrogen-bond donors (Lipinski definition) is 1. The number of rotatable bonds is 6. The SMILES string of the molecule is C=C(C(N)=O)c1ccc(C(=C(CC)c2ccccc2)c2ccccc2)cc1. The van der Waals surface area contributed by atoms with E-state index in [9.17, 15) is 4.79 Å². The summed E-state index contributed by atoms with van der Waals surface area (Å²) in [6.45, 7) is 5.94. The first kappa shape index (κ1) is 18.4. The Kier molecular flexibility index (Phi) is 5.68. The lowest BCUT2D eigenvalue weighted by atomic mass is 9.87. The predicted molar refractivity (Wildman–Crippen MR) is 114 cm³/mol. The van der Waals surface area contributed by atoms with Crippen LogP contribution in [0.15, 0.2) is 91.5 Å². The van der Waals surface area contributed by atoms with E-state index < -0.39 is 5.91 Å². The van der Waals surface area contributed by atoms with Gasteiger partial charge in [0.1, 0.15) is 0 Å². The minimum atomic E-state index is -0.500. The fraction of sp³-hybridized carbons (Fsp3) is 0.0800. The molecule has 0 aromatic heterocycles. The molecule has 27 heavy (non-hydrogen) atoms. The van der Waals surface area contributed by atoms with Crippen LogP contribution in [0.1, 0.15) is 35.6 Å². The highest BCUT2D eigenvalue weighted by molar-refractivity contribution is 6.17. The summed E-state index contributed by atoms with van der Waals surface area (Å²) in [4.78, 5) is 11.4. The van der Waals surface area contributed by atoms with E-state index in [1.54, 1.807) is 0 Å². The van der Waals surface area contributed by atoms with Crippen LogP contribution in [0.2, 0.25) is 0 Å². The molecular formula is C25H23NO. The summed E-state index contributed by atoms with van der Waals surface area (Å²) in [5.41, 5.74) is 12.4. The lowest BCUT2D eigenvalue weighted by Crippen LogP contribution is -2.11. The smallest absolute Gasteiger partial charge is 0.248 e. The first-order valence-electron chi connectivity index (χ1n) is 9.05. The second kappa shape index (κ2) is 8.33. The van der Waals surface area contributed by atoms with Gasteiger partial charge in [-0.3, -0.25) is 4.79 Å². The van der Waals surface area contributed by atoms with E-state index in [0.29, 0.717) is 5.57 Å². The molecule has 0 heterocycles. The maximum Gasteiger partial charge on any atom is 0.248 e. The zero-order valence-corrected chi connectivity index (χ0v) is 15.5. The Hall–Kier alpha value is -3.39. The van der Waals surface area contributed by atoms with Crippen molar-refractivity contribution in [2.45, 2.75) is 13.3 Å². The van der Waals surface area contributed by atoms with Gasteiger partial charge in [-0.2, -0.15) is 0 Å². The van der Waals surface area contributed by atoms with Gasteiger partial charge in [0.2, 0.25) is 5.91 Å². The van der Waals surface area contributed by atoms with Crippen molar-refractivity contribution in [3.8, 4) is 0 Å². The number of carbonyl (C=O) groups is 1. The summed E-state index contributed by atoms with van der Waals surface area (Å²) in [5, 5.41) is 0. The standard InChI is InChI=1S/C25H23NO/c1-3-23(20-10-6-4-7-11-20)24(21-12-8-5-9-13-21)22-16-14-19(15-17-22)18(2)25(26)27/h4-17H,2-3H2,1H3,(H2,26,27). The minimum absolute atomic E-state index is 0.325. The van der Waals surface area contributed by atoms with E-state index >= 15 is 0 Å². The summed E-state index contributed by atoms with van der Waals surface area (Å²) in [6.07, 6.45) is 0.907. The zero-order valence-electron chi connectivity index (χ0n) is 15.5. The molecule has 134 valence electrons. The molecular weight excluding hydrogens is 330 g/mol. The van der Waals surface area contributed by atoms with E-state index in [1.165, 1.54) is 22.3 Å². The molecule has 0 bridgehead atoms. The molecule has 2 heteroatoms. The number of amides is 1. The predicted octanol–water partition coefficient (Wildman–Crippen LogP) is 5.55. The monoisotopic (exact) mass is 353 g/mol. The highest BCUT2D eigenvalue weighted by atomic mass is 16.1. The van der Waals surface area contributed by atoms with Gasteiger partial charge < -0.3 is 5.73 Å². The molecule has 0 unspecified atom stereocenters. The van der Waals surface area contributed by atoms with Crippen molar-refractivity contribution in [3.05, 3.63) is 114 Å². The highest BCUT2D eigenvalue weighted by Gasteiger charge is 2.13. The van der Waals surface area contributed by atoms with Crippen molar-refractivity contribution in [3.63, 3.8) is 0 Å². The third-order valence-electron chi connectivity index (χ3n) is 4.66. The Balaban J connectivity index is 2.18. The quantitative estimate of drug-likeness (QED) is 0.458. The molecule has 0 atom stereocenters. The van der Waals surface area contributed by atoms with Crippen molar-refractivity contribution in [2.24, 2.45) is 5.73 Å². The van der Waals surface area contributed by atoms with Crippen LogP contribution in [0.3, 0.4) is 0 Å². The third-order valence-corrected chi connectivity index (χ3v) is 4.66. The molecule has 3 rings (SSSR count). The number of hydrogen-bond acceptors (Lipinski definition) is 1. The van der Waals surface area contributed by atoms with Crippen LogP contribution in [-0.2, 0) is 4.79 Å². The summed E-state index contributed by atoms with van der Waals surface area (Å²) < 4.78 is 0. The van der Waals surface area contributed by atoms with Gasteiger partial charge in [-0.05, 0) is 39.8 Å². The van der Waals surface area contributed by atoms with Crippen molar-refractivity contribution in [2.75, 3.05) is 0 Å². The van der Waals surface area contributed by atoms with Crippen LogP contribution in [-0.4, -0.2) is 5.91 Å². The van der Waals surface area contributed by atoms with E-state index in [4.69, 9.17) is 5.73 Å². The Morgan fingerprint density at radius 2 is 1.19 bits per heavy atom. The Bertz CT molecular complexity index is 968.